The largest absolute Gasteiger partial charge is 0.497 e. The molecule has 12 heteroatoms. The molecule has 0 aliphatic heterocycles. The van der Waals surface area contributed by atoms with E-state index >= 15 is 0 Å². The van der Waals surface area contributed by atoms with Gasteiger partial charge in [-0.1, -0.05) is 0 Å². The van der Waals surface area contributed by atoms with E-state index in [1.54, 1.807) is 43.3 Å². The van der Waals surface area contributed by atoms with Gasteiger partial charge in [0.15, 0.2) is 11.5 Å². The molecule has 0 atom stereocenters. The van der Waals surface area contributed by atoms with Crippen LogP contribution in [0.1, 0.15) is 22.8 Å². The van der Waals surface area contributed by atoms with Crippen molar-refractivity contribution in [2.75, 3.05) is 19.0 Å². The molecule has 3 aromatic rings. The molecule has 0 radical (unpaired) electrons. The predicted octanol–water partition coefficient (Wildman–Crippen LogP) is 6.13. The van der Waals surface area contributed by atoms with Gasteiger partial charge in [0.25, 0.3) is 11.6 Å². The van der Waals surface area contributed by atoms with Crippen LogP contribution in [0.5, 0.6) is 17.2 Å². The highest BCUT2D eigenvalue weighted by Crippen LogP contribution is 2.36. The number of nitrogens with zero attached hydrogens (tertiary/aromatic N) is 2. The molecule has 0 fully saturated rings. The van der Waals surface area contributed by atoms with Gasteiger partial charge in [-0.05, 0) is 99.5 Å². The first kappa shape index (κ1) is 28.6. The molecule has 10 nitrogen and oxygen atoms in total. The van der Waals surface area contributed by atoms with Crippen LogP contribution in [-0.2, 0) is 4.79 Å². The number of nitro benzene ring substituents is 1. The molecule has 0 aromatic heterocycles. The molecule has 3 rings (SSSR count). The molecule has 0 spiro atoms. The summed E-state index contributed by atoms with van der Waals surface area (Å²) in [7, 11) is 1.52. The van der Waals surface area contributed by atoms with Gasteiger partial charge in [0.2, 0.25) is 0 Å². The van der Waals surface area contributed by atoms with E-state index in [1.807, 2.05) is 28.7 Å². The average molecular weight is 692 g/mol. The maximum atomic E-state index is 12.8. The highest BCUT2D eigenvalue weighted by atomic mass is 127. The summed E-state index contributed by atoms with van der Waals surface area (Å²) < 4.78 is 17.2. The number of hydrogen-bond acceptors (Lipinski definition) is 8. The SMILES string of the molecule is CCOc1cc(/C=C(/C#N)C(=O)Nc2ccc([N+](=O)[O-])cc2Br)cc(I)c1OC(=O)c1ccc(OC)cc1. The lowest BCUT2D eigenvalue weighted by molar-refractivity contribution is -0.384. The van der Waals surface area contributed by atoms with Crippen molar-refractivity contribution in [3.63, 3.8) is 0 Å². The predicted molar refractivity (Wildman–Crippen MR) is 151 cm³/mol. The lowest BCUT2D eigenvalue weighted by Crippen LogP contribution is -2.14. The number of nitro groups is 1. The maximum Gasteiger partial charge on any atom is 0.343 e. The summed E-state index contributed by atoms with van der Waals surface area (Å²) in [6.45, 7) is 2.04. The third-order valence-corrected chi connectivity index (χ3v) is 6.40. The number of esters is 1. The number of nitriles is 1. The number of halogens is 2. The minimum atomic E-state index is -0.718. The van der Waals surface area contributed by atoms with E-state index < -0.39 is 16.8 Å². The molecule has 0 unspecified atom stereocenters. The molecule has 0 saturated heterocycles. The summed E-state index contributed by atoms with van der Waals surface area (Å²) in [6.07, 6.45) is 1.36. The Morgan fingerprint density at radius 1 is 1.18 bits per heavy atom. The summed E-state index contributed by atoms with van der Waals surface area (Å²) >= 11 is 5.15. The molecule has 1 N–H and O–H groups in total. The smallest absolute Gasteiger partial charge is 0.343 e. The van der Waals surface area contributed by atoms with Gasteiger partial charge in [-0.2, -0.15) is 5.26 Å². The Bertz CT molecular complexity index is 1470. The van der Waals surface area contributed by atoms with Gasteiger partial charge >= 0.3 is 5.97 Å². The second kappa shape index (κ2) is 13.0. The molecule has 0 bridgehead atoms. The number of anilines is 1. The zero-order chi connectivity index (χ0) is 27.8. The number of hydrogen-bond donors (Lipinski definition) is 1. The second-order valence-corrected chi connectivity index (χ2v) is 9.44. The minimum Gasteiger partial charge on any atom is -0.497 e. The van der Waals surface area contributed by atoms with Crippen molar-refractivity contribution in [2.24, 2.45) is 0 Å². The topological polar surface area (TPSA) is 141 Å². The normalized spacial score (nSPS) is 10.8. The van der Waals surface area contributed by atoms with Gasteiger partial charge in [0, 0.05) is 16.6 Å². The number of rotatable bonds is 9. The van der Waals surface area contributed by atoms with Crippen molar-refractivity contribution >= 4 is 67.8 Å². The van der Waals surface area contributed by atoms with E-state index in [0.717, 1.165) is 0 Å². The highest BCUT2D eigenvalue weighted by molar-refractivity contribution is 14.1. The first-order chi connectivity index (χ1) is 18.2. The average Bonchev–Trinajstić information content (AvgIpc) is 2.90. The van der Waals surface area contributed by atoms with E-state index in [9.17, 15) is 25.0 Å². The van der Waals surface area contributed by atoms with Gasteiger partial charge < -0.3 is 19.5 Å². The van der Waals surface area contributed by atoms with Gasteiger partial charge in [-0.25, -0.2) is 4.79 Å². The van der Waals surface area contributed by atoms with Gasteiger partial charge in [0.05, 0.1) is 33.5 Å². The van der Waals surface area contributed by atoms with Crippen molar-refractivity contribution in [3.05, 3.63) is 89.5 Å². The van der Waals surface area contributed by atoms with Crippen molar-refractivity contribution < 1.29 is 28.7 Å². The van der Waals surface area contributed by atoms with Crippen LogP contribution in [-0.4, -0.2) is 30.5 Å². The summed E-state index contributed by atoms with van der Waals surface area (Å²) in [5.41, 5.74) is 0.644. The fourth-order valence-electron chi connectivity index (χ4n) is 3.14. The molecular weight excluding hydrogens is 673 g/mol. The number of benzene rings is 3. The maximum absolute atomic E-state index is 12.8. The Labute approximate surface area is 239 Å². The van der Waals surface area contributed by atoms with Crippen molar-refractivity contribution in [3.8, 4) is 23.3 Å². The fraction of sp³-hybridized carbons (Fsp3) is 0.115. The van der Waals surface area contributed by atoms with E-state index in [2.05, 4.69) is 21.2 Å². The van der Waals surface area contributed by atoms with Gasteiger partial charge in [0.1, 0.15) is 17.4 Å². The third kappa shape index (κ3) is 7.08. The molecule has 194 valence electrons. The van der Waals surface area contributed by atoms with E-state index in [1.165, 1.54) is 31.4 Å². The van der Waals surface area contributed by atoms with Crippen molar-refractivity contribution in [1.82, 2.24) is 0 Å². The number of non-ortho nitro benzene ring substituents is 1. The molecule has 0 aliphatic carbocycles. The third-order valence-electron chi connectivity index (χ3n) is 4.94. The highest BCUT2D eigenvalue weighted by Gasteiger charge is 2.19. The van der Waals surface area contributed by atoms with Crippen molar-refractivity contribution in [2.45, 2.75) is 6.92 Å². The first-order valence-corrected chi connectivity index (χ1v) is 12.7. The van der Waals surface area contributed by atoms with Gasteiger partial charge in [-0.3, -0.25) is 14.9 Å². The summed E-state index contributed by atoms with van der Waals surface area (Å²) in [6, 6.07) is 15.3. The number of nitrogens with one attached hydrogen (secondary N) is 1. The number of amides is 1. The van der Waals surface area contributed by atoms with Crippen LogP contribution < -0.4 is 19.5 Å². The van der Waals surface area contributed by atoms with Crippen LogP contribution in [0.4, 0.5) is 11.4 Å². The standard InChI is InChI=1S/C26H19BrIN3O7/c1-3-37-23-12-15(11-21(28)24(23)38-26(33)16-4-7-19(36-2)8-5-16)10-17(14-29)25(32)30-22-9-6-18(31(34)35)13-20(22)27/h4-13H,3H2,1-2H3,(H,30,32)/b17-10-. The Hall–Kier alpha value is -3.96. The Morgan fingerprint density at radius 3 is 2.47 bits per heavy atom. The number of carbonyl (C=O) groups is 2. The summed E-state index contributed by atoms with van der Waals surface area (Å²) in [4.78, 5) is 35.8. The Balaban J connectivity index is 1.87. The molecule has 0 saturated carbocycles. The fourth-order valence-corrected chi connectivity index (χ4v) is 4.34. The van der Waals surface area contributed by atoms with Crippen LogP contribution in [0, 0.1) is 25.0 Å². The first-order valence-electron chi connectivity index (χ1n) is 10.9. The lowest BCUT2D eigenvalue weighted by Gasteiger charge is -2.14. The van der Waals surface area contributed by atoms with Crippen molar-refractivity contribution in [1.29, 1.82) is 5.26 Å². The molecule has 0 aliphatic rings. The van der Waals surface area contributed by atoms with Crippen LogP contribution in [0.3, 0.4) is 0 Å². The lowest BCUT2D eigenvalue weighted by atomic mass is 10.1. The zero-order valence-corrected chi connectivity index (χ0v) is 23.7. The summed E-state index contributed by atoms with van der Waals surface area (Å²) in [5, 5.41) is 23.1. The minimum absolute atomic E-state index is 0.156. The van der Waals surface area contributed by atoms with E-state index in [4.69, 9.17) is 14.2 Å². The Morgan fingerprint density at radius 2 is 1.89 bits per heavy atom. The molecule has 1 amide bonds. The van der Waals surface area contributed by atoms with Crippen LogP contribution in [0.15, 0.2) is 64.6 Å². The zero-order valence-electron chi connectivity index (χ0n) is 20.0. The van der Waals surface area contributed by atoms with E-state index in [-0.39, 0.29) is 39.5 Å². The number of carbonyl (C=O) groups excluding carboxylic acids is 2. The number of ether oxygens (including phenoxy) is 3. The van der Waals surface area contributed by atoms with Gasteiger partial charge in [-0.15, -0.1) is 0 Å². The molecule has 0 heterocycles. The summed E-state index contributed by atoms with van der Waals surface area (Å²) in [5.74, 6) is -0.266. The quantitative estimate of drug-likeness (QED) is 0.0537. The monoisotopic (exact) mass is 691 g/mol. The molecule has 3 aromatic carbocycles. The van der Waals surface area contributed by atoms with Crippen LogP contribution in [0.25, 0.3) is 6.08 Å². The van der Waals surface area contributed by atoms with Crippen LogP contribution >= 0.6 is 38.5 Å². The van der Waals surface area contributed by atoms with Crippen LogP contribution in [0.2, 0.25) is 0 Å². The Kier molecular flexibility index (Phi) is 9.80. The number of methoxy groups -OCH3 is 1. The second-order valence-electron chi connectivity index (χ2n) is 7.43. The molecular formula is C26H19BrIN3O7. The van der Waals surface area contributed by atoms with E-state index in [0.29, 0.717) is 20.4 Å². The molecule has 38 heavy (non-hydrogen) atoms.